The Morgan fingerprint density at radius 2 is 1.81 bits per heavy atom. The number of aliphatic carboxylic acids is 2. The summed E-state index contributed by atoms with van der Waals surface area (Å²) in [5.74, 6) is -2.22. The molecule has 0 aliphatic heterocycles. The number of aromatic nitrogens is 2. The number of carboxylic acids is 2. The lowest BCUT2D eigenvalue weighted by molar-refractivity contribution is -0.159. The van der Waals surface area contributed by atoms with Gasteiger partial charge in [-0.3, -0.25) is 0 Å². The Labute approximate surface area is 213 Å². The summed E-state index contributed by atoms with van der Waals surface area (Å²) < 4.78 is 5.36. The molecule has 10 heteroatoms. The number of carbonyl (C=O) groups is 2. The minimum Gasteiger partial charge on any atom is -0.473 e. The standard InChI is InChI=1S/C24H28N4OS.C2H2O4/c25-18-24(19-8-3-1-4-9-19)14-12-20(13-15-24)26-16-6-2-5-11-22-27-23(28-29-22)21-10-7-17-30-21;3-1(4)2(5)6/h1,3-4,7-10,17,20,26H,2,5-6,11-16H2;(H,3,4)(H,5,6). The monoisotopic (exact) mass is 510 g/mol. The maximum absolute atomic E-state index is 9.82. The number of nitrogens with one attached hydrogen (secondary N) is 1. The highest BCUT2D eigenvalue weighted by Crippen LogP contribution is 2.38. The topological polar surface area (TPSA) is 149 Å². The first kappa shape index (κ1) is 27.0. The summed E-state index contributed by atoms with van der Waals surface area (Å²) in [6.07, 6.45) is 8.19. The zero-order valence-electron chi connectivity index (χ0n) is 19.9. The predicted octanol–water partition coefficient (Wildman–Crippen LogP) is 4.66. The van der Waals surface area contributed by atoms with Gasteiger partial charge in [-0.1, -0.05) is 48.0 Å². The van der Waals surface area contributed by atoms with Crippen LogP contribution in [0, 0.1) is 11.3 Å². The molecule has 190 valence electrons. The molecule has 2 aromatic heterocycles. The van der Waals surface area contributed by atoms with Crippen molar-refractivity contribution in [1.29, 1.82) is 5.26 Å². The van der Waals surface area contributed by atoms with Crippen LogP contribution in [-0.4, -0.2) is 44.9 Å². The third kappa shape index (κ3) is 7.73. The van der Waals surface area contributed by atoms with Crippen LogP contribution in [0.5, 0.6) is 0 Å². The summed E-state index contributed by atoms with van der Waals surface area (Å²) in [5, 5.41) is 34.4. The first-order chi connectivity index (χ1) is 17.4. The summed E-state index contributed by atoms with van der Waals surface area (Å²) in [4.78, 5) is 23.7. The molecule has 1 aliphatic rings. The van der Waals surface area contributed by atoms with Crippen LogP contribution >= 0.6 is 11.3 Å². The smallest absolute Gasteiger partial charge is 0.414 e. The average molecular weight is 511 g/mol. The first-order valence-electron chi connectivity index (χ1n) is 12.0. The van der Waals surface area contributed by atoms with Gasteiger partial charge in [0.05, 0.1) is 16.4 Å². The minimum atomic E-state index is -1.82. The molecule has 9 nitrogen and oxygen atoms in total. The molecule has 0 bridgehead atoms. The molecule has 3 aromatic rings. The Bertz CT molecular complexity index is 1120. The number of hydrogen-bond donors (Lipinski definition) is 3. The van der Waals surface area contributed by atoms with E-state index in [1.807, 2.05) is 35.7 Å². The van der Waals surface area contributed by atoms with Gasteiger partial charge in [-0.25, -0.2) is 9.59 Å². The fourth-order valence-electron chi connectivity index (χ4n) is 4.28. The van der Waals surface area contributed by atoms with Crippen LogP contribution in [0.15, 0.2) is 52.4 Å². The lowest BCUT2D eigenvalue weighted by Crippen LogP contribution is -2.39. The number of hydrogen-bond acceptors (Lipinski definition) is 8. The van der Waals surface area contributed by atoms with Gasteiger partial charge in [0.15, 0.2) is 0 Å². The minimum absolute atomic E-state index is 0.300. The zero-order valence-corrected chi connectivity index (χ0v) is 20.7. The molecule has 0 unspecified atom stereocenters. The van der Waals surface area contributed by atoms with E-state index >= 15 is 0 Å². The van der Waals surface area contributed by atoms with Gasteiger partial charge in [-0.05, 0) is 62.1 Å². The van der Waals surface area contributed by atoms with E-state index in [0.29, 0.717) is 11.9 Å². The van der Waals surface area contributed by atoms with Crippen LogP contribution < -0.4 is 5.32 Å². The van der Waals surface area contributed by atoms with E-state index in [2.05, 4.69) is 33.7 Å². The second kappa shape index (κ2) is 13.5. The van der Waals surface area contributed by atoms with Crippen LogP contribution in [0.3, 0.4) is 0 Å². The Morgan fingerprint density at radius 3 is 2.42 bits per heavy atom. The van der Waals surface area contributed by atoms with Gasteiger partial charge in [0.1, 0.15) is 0 Å². The van der Waals surface area contributed by atoms with Gasteiger partial charge >= 0.3 is 11.9 Å². The van der Waals surface area contributed by atoms with Crippen molar-refractivity contribution in [3.05, 3.63) is 59.3 Å². The lowest BCUT2D eigenvalue weighted by Gasteiger charge is -2.35. The van der Waals surface area contributed by atoms with Gasteiger partial charge < -0.3 is 20.1 Å². The van der Waals surface area contributed by atoms with Crippen LogP contribution in [0.25, 0.3) is 10.7 Å². The first-order valence-corrected chi connectivity index (χ1v) is 12.8. The fourth-order valence-corrected chi connectivity index (χ4v) is 4.93. The van der Waals surface area contributed by atoms with Gasteiger partial charge in [-0.2, -0.15) is 10.2 Å². The van der Waals surface area contributed by atoms with Crippen molar-refractivity contribution in [3.8, 4) is 16.8 Å². The quantitative estimate of drug-likeness (QED) is 0.276. The van der Waals surface area contributed by atoms with Gasteiger partial charge in [0.2, 0.25) is 11.7 Å². The second-order valence-corrected chi connectivity index (χ2v) is 9.65. The molecule has 4 rings (SSSR count). The predicted molar refractivity (Wildman–Crippen MR) is 134 cm³/mol. The molecule has 3 N–H and O–H groups in total. The summed E-state index contributed by atoms with van der Waals surface area (Å²) in [6, 6.07) is 17.4. The Hall–Kier alpha value is -3.55. The van der Waals surface area contributed by atoms with E-state index in [0.717, 1.165) is 68.7 Å². The maximum atomic E-state index is 9.82. The molecule has 36 heavy (non-hydrogen) atoms. The summed E-state index contributed by atoms with van der Waals surface area (Å²) in [5.41, 5.74) is 0.875. The Kier molecular flexibility index (Phi) is 10.2. The molecule has 2 heterocycles. The van der Waals surface area contributed by atoms with Crippen molar-refractivity contribution in [2.24, 2.45) is 0 Å². The fraction of sp³-hybridized carbons (Fsp3) is 0.423. The Balaban J connectivity index is 0.000000538. The van der Waals surface area contributed by atoms with Crippen LogP contribution in [0.4, 0.5) is 0 Å². The maximum Gasteiger partial charge on any atom is 0.414 e. The summed E-state index contributed by atoms with van der Waals surface area (Å²) >= 11 is 1.63. The third-order valence-corrected chi connectivity index (χ3v) is 7.14. The molecular formula is C26H30N4O5S. The van der Waals surface area contributed by atoms with Crippen LogP contribution in [-0.2, 0) is 21.4 Å². The molecule has 1 aromatic carbocycles. The van der Waals surface area contributed by atoms with Crippen molar-refractivity contribution in [2.45, 2.75) is 62.8 Å². The molecule has 0 radical (unpaired) electrons. The van der Waals surface area contributed by atoms with Crippen molar-refractivity contribution >= 4 is 23.3 Å². The molecule has 0 amide bonds. The number of nitrogens with zero attached hydrogens (tertiary/aromatic N) is 3. The summed E-state index contributed by atoms with van der Waals surface area (Å²) in [6.45, 7) is 1.03. The highest BCUT2D eigenvalue weighted by atomic mass is 32.1. The van der Waals surface area contributed by atoms with Gasteiger partial charge in [-0.15, -0.1) is 11.3 Å². The van der Waals surface area contributed by atoms with Crippen molar-refractivity contribution < 1.29 is 24.3 Å². The average Bonchev–Trinajstić information content (AvgIpc) is 3.60. The molecule has 1 saturated carbocycles. The number of nitriles is 1. The summed E-state index contributed by atoms with van der Waals surface area (Å²) in [7, 11) is 0. The number of benzene rings is 1. The van der Waals surface area contributed by atoms with Crippen molar-refractivity contribution in [2.75, 3.05) is 6.54 Å². The molecule has 0 saturated heterocycles. The highest BCUT2D eigenvalue weighted by molar-refractivity contribution is 7.13. The molecular weight excluding hydrogens is 480 g/mol. The zero-order chi connectivity index (χ0) is 25.8. The molecule has 0 spiro atoms. The van der Waals surface area contributed by atoms with E-state index in [9.17, 15) is 5.26 Å². The van der Waals surface area contributed by atoms with Gasteiger partial charge in [0.25, 0.3) is 0 Å². The number of thiophene rings is 1. The number of aryl methyl sites for hydroxylation is 1. The molecule has 1 aliphatic carbocycles. The number of rotatable bonds is 9. The van der Waals surface area contributed by atoms with Gasteiger partial charge in [0, 0.05) is 12.5 Å². The SMILES string of the molecule is N#CC1(c2ccccc2)CCC(NCCCCCc2nc(-c3cccs3)no2)CC1.O=C(O)C(=O)O. The number of unbranched alkanes of at least 4 members (excludes halogenated alkanes) is 2. The van der Waals surface area contributed by atoms with E-state index < -0.39 is 11.9 Å². The van der Waals surface area contributed by atoms with E-state index in [-0.39, 0.29) is 5.41 Å². The third-order valence-electron chi connectivity index (χ3n) is 6.27. The van der Waals surface area contributed by atoms with E-state index in [1.165, 1.54) is 5.56 Å². The van der Waals surface area contributed by atoms with Crippen LogP contribution in [0.2, 0.25) is 0 Å². The molecule has 1 fully saturated rings. The highest BCUT2D eigenvalue weighted by Gasteiger charge is 2.36. The van der Waals surface area contributed by atoms with Crippen LogP contribution in [0.1, 0.15) is 56.4 Å². The second-order valence-electron chi connectivity index (χ2n) is 8.70. The largest absolute Gasteiger partial charge is 0.473 e. The van der Waals surface area contributed by atoms with Crippen molar-refractivity contribution in [1.82, 2.24) is 15.5 Å². The van der Waals surface area contributed by atoms with Crippen molar-refractivity contribution in [3.63, 3.8) is 0 Å². The normalized spacial score (nSPS) is 19.0. The van der Waals surface area contributed by atoms with E-state index in [4.69, 9.17) is 24.3 Å². The van der Waals surface area contributed by atoms with E-state index in [1.54, 1.807) is 11.3 Å². The Morgan fingerprint density at radius 1 is 1.08 bits per heavy atom. The molecule has 0 atom stereocenters. The number of carboxylic acid groups (broad SMARTS) is 2. The lowest BCUT2D eigenvalue weighted by atomic mass is 9.69.